The fourth-order valence-electron chi connectivity index (χ4n) is 3.36. The van der Waals surface area contributed by atoms with Crippen molar-refractivity contribution in [2.24, 2.45) is 7.05 Å². The molecule has 0 radical (unpaired) electrons. The average molecular weight is 377 g/mol. The molecule has 0 bridgehead atoms. The van der Waals surface area contributed by atoms with E-state index in [1.165, 1.54) is 0 Å². The van der Waals surface area contributed by atoms with Crippen molar-refractivity contribution in [1.82, 2.24) is 25.2 Å². The zero-order chi connectivity index (χ0) is 19.1. The lowest BCUT2D eigenvalue weighted by molar-refractivity contribution is -0.120. The lowest BCUT2D eigenvalue weighted by Gasteiger charge is -2.01. The van der Waals surface area contributed by atoms with Gasteiger partial charge in [0.25, 0.3) is 0 Å². The maximum absolute atomic E-state index is 12.4. The fourth-order valence-corrected chi connectivity index (χ4v) is 3.36. The number of carbonyl (C=O) groups is 1. The SMILES string of the molecule is Cn1cc(CC(=O)NCc2nc(-c3cc(C4CC4)on3)no2)c2ccccc21. The van der Waals surface area contributed by atoms with E-state index >= 15 is 0 Å². The van der Waals surface area contributed by atoms with Crippen LogP contribution in [0.4, 0.5) is 0 Å². The second-order valence-electron chi connectivity index (χ2n) is 7.14. The molecule has 0 aliphatic heterocycles. The summed E-state index contributed by atoms with van der Waals surface area (Å²) in [5.74, 6) is 1.94. The predicted octanol–water partition coefficient (Wildman–Crippen LogP) is 2.95. The van der Waals surface area contributed by atoms with E-state index in [4.69, 9.17) is 9.05 Å². The summed E-state index contributed by atoms with van der Waals surface area (Å²) >= 11 is 0. The van der Waals surface area contributed by atoms with Crippen LogP contribution in [0.1, 0.15) is 36.0 Å². The topological polar surface area (TPSA) is 99.0 Å². The molecule has 0 atom stereocenters. The summed E-state index contributed by atoms with van der Waals surface area (Å²) in [4.78, 5) is 16.7. The Morgan fingerprint density at radius 1 is 1.25 bits per heavy atom. The standard InChI is InChI=1S/C20H19N5O3/c1-25-11-13(14-4-2-3-5-16(14)25)8-18(26)21-10-19-22-20(24-28-19)15-9-17(27-23-15)12-6-7-12/h2-5,9,11-12H,6-8,10H2,1H3,(H,21,26). The first-order valence-electron chi connectivity index (χ1n) is 9.26. The summed E-state index contributed by atoms with van der Waals surface area (Å²) in [5.41, 5.74) is 2.64. The number of carbonyl (C=O) groups excluding carboxylic acids is 1. The Kier molecular flexibility index (Phi) is 3.96. The molecular weight excluding hydrogens is 358 g/mol. The molecule has 0 spiro atoms. The Morgan fingerprint density at radius 2 is 2.11 bits per heavy atom. The molecular formula is C20H19N5O3. The molecule has 1 aromatic carbocycles. The van der Waals surface area contributed by atoms with Gasteiger partial charge >= 0.3 is 0 Å². The summed E-state index contributed by atoms with van der Waals surface area (Å²) in [6.45, 7) is 0.171. The molecule has 3 heterocycles. The highest BCUT2D eigenvalue weighted by Crippen LogP contribution is 2.40. The van der Waals surface area contributed by atoms with Crippen LogP contribution in [0, 0.1) is 0 Å². The van der Waals surface area contributed by atoms with E-state index in [1.807, 2.05) is 48.1 Å². The molecule has 1 fully saturated rings. The van der Waals surface area contributed by atoms with E-state index in [0.29, 0.717) is 23.3 Å². The summed E-state index contributed by atoms with van der Waals surface area (Å²) in [7, 11) is 1.97. The van der Waals surface area contributed by atoms with Gasteiger partial charge in [0.1, 0.15) is 5.76 Å². The number of aryl methyl sites for hydroxylation is 1. The molecule has 1 aliphatic carbocycles. The molecule has 1 saturated carbocycles. The van der Waals surface area contributed by atoms with E-state index in [-0.39, 0.29) is 18.9 Å². The van der Waals surface area contributed by atoms with Crippen molar-refractivity contribution in [3.63, 3.8) is 0 Å². The Hall–Kier alpha value is -3.42. The first kappa shape index (κ1) is 16.7. The van der Waals surface area contributed by atoms with Gasteiger partial charge in [0.05, 0.1) is 13.0 Å². The summed E-state index contributed by atoms with van der Waals surface area (Å²) < 4.78 is 12.6. The van der Waals surface area contributed by atoms with Gasteiger partial charge in [0.15, 0.2) is 5.69 Å². The minimum absolute atomic E-state index is 0.103. The zero-order valence-corrected chi connectivity index (χ0v) is 15.4. The van der Waals surface area contributed by atoms with Gasteiger partial charge in [-0.15, -0.1) is 0 Å². The van der Waals surface area contributed by atoms with Crippen LogP contribution in [0.2, 0.25) is 0 Å². The number of fused-ring (bicyclic) bond motifs is 1. The highest BCUT2D eigenvalue weighted by molar-refractivity contribution is 5.89. The maximum atomic E-state index is 12.4. The van der Waals surface area contributed by atoms with Gasteiger partial charge in [-0.05, 0) is 24.5 Å². The number of hydrogen-bond acceptors (Lipinski definition) is 6. The van der Waals surface area contributed by atoms with Crippen molar-refractivity contribution in [1.29, 1.82) is 0 Å². The number of nitrogens with zero attached hydrogens (tertiary/aromatic N) is 4. The Balaban J connectivity index is 1.22. The number of nitrogens with one attached hydrogen (secondary N) is 1. The van der Waals surface area contributed by atoms with Crippen LogP contribution in [-0.2, 0) is 24.8 Å². The minimum atomic E-state index is -0.103. The van der Waals surface area contributed by atoms with Crippen molar-refractivity contribution in [2.45, 2.75) is 31.7 Å². The molecule has 1 aliphatic rings. The van der Waals surface area contributed by atoms with Crippen LogP contribution < -0.4 is 5.32 Å². The molecule has 1 amide bonds. The summed E-state index contributed by atoms with van der Waals surface area (Å²) in [6.07, 6.45) is 4.54. The van der Waals surface area contributed by atoms with Gasteiger partial charge in [0, 0.05) is 36.1 Å². The van der Waals surface area contributed by atoms with Crippen molar-refractivity contribution < 1.29 is 13.8 Å². The van der Waals surface area contributed by atoms with Crippen LogP contribution in [0.5, 0.6) is 0 Å². The van der Waals surface area contributed by atoms with E-state index in [2.05, 4.69) is 20.6 Å². The normalized spacial score (nSPS) is 13.9. The third-order valence-electron chi connectivity index (χ3n) is 4.97. The quantitative estimate of drug-likeness (QED) is 0.555. The number of benzene rings is 1. The second kappa shape index (κ2) is 6.63. The first-order valence-corrected chi connectivity index (χ1v) is 9.26. The molecule has 3 aromatic heterocycles. The number of para-hydroxylation sites is 1. The smallest absolute Gasteiger partial charge is 0.246 e. The summed E-state index contributed by atoms with van der Waals surface area (Å²) in [6, 6.07) is 9.88. The molecule has 1 N–H and O–H groups in total. The van der Waals surface area contributed by atoms with Gasteiger partial charge < -0.3 is 18.9 Å². The number of rotatable bonds is 6. The molecule has 5 rings (SSSR count). The number of amides is 1. The number of hydrogen-bond donors (Lipinski definition) is 1. The van der Waals surface area contributed by atoms with Crippen molar-refractivity contribution in [3.8, 4) is 11.5 Å². The molecule has 142 valence electrons. The highest BCUT2D eigenvalue weighted by Gasteiger charge is 2.28. The monoisotopic (exact) mass is 377 g/mol. The lowest BCUT2D eigenvalue weighted by atomic mass is 10.1. The van der Waals surface area contributed by atoms with Gasteiger partial charge in [-0.2, -0.15) is 4.98 Å². The lowest BCUT2D eigenvalue weighted by Crippen LogP contribution is -2.24. The van der Waals surface area contributed by atoms with Crippen LogP contribution in [-0.4, -0.2) is 25.8 Å². The van der Waals surface area contributed by atoms with Gasteiger partial charge in [-0.25, -0.2) is 0 Å². The fraction of sp³-hybridized carbons (Fsp3) is 0.300. The van der Waals surface area contributed by atoms with Gasteiger partial charge in [-0.3, -0.25) is 4.79 Å². The van der Waals surface area contributed by atoms with E-state index in [0.717, 1.165) is 35.1 Å². The number of aromatic nitrogens is 4. The summed E-state index contributed by atoms with van der Waals surface area (Å²) in [5, 5.41) is 11.8. The average Bonchev–Trinajstić information content (AvgIpc) is 3.13. The molecule has 4 aromatic rings. The molecule has 8 heteroatoms. The van der Waals surface area contributed by atoms with Crippen LogP contribution >= 0.6 is 0 Å². The Bertz CT molecular complexity index is 1150. The van der Waals surface area contributed by atoms with Gasteiger partial charge in [0.2, 0.25) is 17.6 Å². The molecule has 8 nitrogen and oxygen atoms in total. The van der Waals surface area contributed by atoms with Crippen LogP contribution in [0.25, 0.3) is 22.4 Å². The Labute approximate surface area is 160 Å². The van der Waals surface area contributed by atoms with Gasteiger partial charge in [-0.1, -0.05) is 28.5 Å². The zero-order valence-electron chi connectivity index (χ0n) is 15.4. The third-order valence-corrected chi connectivity index (χ3v) is 4.97. The first-order chi connectivity index (χ1) is 13.7. The highest BCUT2D eigenvalue weighted by atomic mass is 16.5. The molecule has 0 saturated heterocycles. The minimum Gasteiger partial charge on any atom is -0.360 e. The maximum Gasteiger partial charge on any atom is 0.246 e. The van der Waals surface area contributed by atoms with Crippen LogP contribution in [0.15, 0.2) is 45.6 Å². The second-order valence-corrected chi connectivity index (χ2v) is 7.14. The largest absolute Gasteiger partial charge is 0.360 e. The van der Waals surface area contributed by atoms with E-state index < -0.39 is 0 Å². The van der Waals surface area contributed by atoms with E-state index in [1.54, 1.807) is 0 Å². The predicted molar refractivity (Wildman–Crippen MR) is 100 cm³/mol. The van der Waals surface area contributed by atoms with Crippen molar-refractivity contribution in [2.75, 3.05) is 0 Å². The van der Waals surface area contributed by atoms with Crippen LogP contribution in [0.3, 0.4) is 0 Å². The Morgan fingerprint density at radius 3 is 2.96 bits per heavy atom. The molecule has 28 heavy (non-hydrogen) atoms. The van der Waals surface area contributed by atoms with Crippen molar-refractivity contribution >= 4 is 16.8 Å². The van der Waals surface area contributed by atoms with Crippen molar-refractivity contribution in [3.05, 3.63) is 53.7 Å². The van der Waals surface area contributed by atoms with E-state index in [9.17, 15) is 4.79 Å². The third kappa shape index (κ3) is 3.17. The molecule has 0 unspecified atom stereocenters.